The first-order valence-electron chi connectivity index (χ1n) is 27.3. The normalized spacial score (nSPS) is 20.2. The lowest BCUT2D eigenvalue weighted by Gasteiger charge is -2.29. The summed E-state index contributed by atoms with van der Waals surface area (Å²) in [7, 11) is 4.22. The number of hydrogen-bond donors (Lipinski definition) is 1. The number of ether oxygens (including phenoxy) is 5. The fraction of sp³-hybridized carbons (Fsp3) is 0.500. The van der Waals surface area contributed by atoms with E-state index in [-0.39, 0.29) is 59.0 Å². The predicted octanol–water partition coefficient (Wildman–Crippen LogP) is 11.7. The zero-order chi connectivity index (χ0) is 53.3. The number of halogens is 4. The topological polar surface area (TPSA) is 183 Å². The van der Waals surface area contributed by atoms with E-state index in [0.29, 0.717) is 64.7 Å². The number of nitrogens with zero attached hydrogens (tertiary/aromatic N) is 13. The highest BCUT2D eigenvalue weighted by molar-refractivity contribution is 6.34. The maximum atomic E-state index is 15.2. The molecule has 5 saturated heterocycles. The average molecular weight is 1120 g/mol. The summed E-state index contributed by atoms with van der Waals surface area (Å²) in [4.78, 5) is 37.3. The highest BCUT2D eigenvalue weighted by Crippen LogP contribution is 2.44. The lowest BCUT2D eigenvalue weighted by Crippen LogP contribution is -2.32. The number of hydrogen-bond acceptors (Lipinski definition) is 17. The summed E-state index contributed by atoms with van der Waals surface area (Å²) in [5, 5.41) is 13.7. The molecule has 418 valence electrons. The first-order valence-corrected chi connectivity index (χ1v) is 28.0. The van der Waals surface area contributed by atoms with Gasteiger partial charge in [-0.3, -0.25) is 5.10 Å². The van der Waals surface area contributed by atoms with Crippen LogP contribution in [0.1, 0.15) is 97.1 Å². The fourth-order valence-electron chi connectivity index (χ4n) is 11.3. The van der Waals surface area contributed by atoms with Crippen molar-refractivity contribution in [2.24, 2.45) is 0 Å². The SMILES string of the molecule is C.CN1CCC[C@H]1COc1nc(N2CCCCC2)c2ccnc(Oc3c(Cl)c(F)cc4[nH]ncc34)c2n1.CN1CCC[C@H]1COc1nc(N2CCCCC2)c2ccnc(Oc3c(Cl)c(F)cc4c3cnn4C3CCCCO3)c2n1. The molecule has 8 aromatic rings. The summed E-state index contributed by atoms with van der Waals surface area (Å²) >= 11 is 12.8. The van der Waals surface area contributed by atoms with E-state index >= 15 is 4.39 Å². The van der Waals surface area contributed by atoms with Crippen molar-refractivity contribution in [3.05, 3.63) is 70.7 Å². The number of piperidine rings is 2. The summed E-state index contributed by atoms with van der Waals surface area (Å²) in [6, 6.07) is 7.64. The third-order valence-electron chi connectivity index (χ3n) is 15.7. The molecule has 0 amide bonds. The molecule has 0 bridgehead atoms. The van der Waals surface area contributed by atoms with Gasteiger partial charge in [-0.25, -0.2) is 23.4 Å². The minimum Gasteiger partial charge on any atom is -0.462 e. The molecule has 0 radical (unpaired) electrons. The van der Waals surface area contributed by atoms with Gasteiger partial charge in [-0.15, -0.1) is 0 Å². The Balaban J connectivity index is 0.000000167. The summed E-state index contributed by atoms with van der Waals surface area (Å²) in [6.07, 6.45) is 20.3. The lowest BCUT2D eigenvalue weighted by atomic mass is 10.1. The molecule has 5 fully saturated rings. The molecule has 19 nitrogen and oxygen atoms in total. The van der Waals surface area contributed by atoms with Crippen LogP contribution in [0.2, 0.25) is 10.0 Å². The van der Waals surface area contributed by atoms with Crippen molar-refractivity contribution in [3.63, 3.8) is 0 Å². The van der Waals surface area contributed by atoms with Crippen LogP contribution >= 0.6 is 23.2 Å². The van der Waals surface area contributed by atoms with Gasteiger partial charge in [-0.05, 0) is 123 Å². The summed E-state index contributed by atoms with van der Waals surface area (Å²) in [5.74, 6) is 1.04. The minimum atomic E-state index is -0.614. The predicted molar refractivity (Wildman–Crippen MR) is 301 cm³/mol. The molecule has 0 spiro atoms. The van der Waals surface area contributed by atoms with Crippen molar-refractivity contribution >= 4 is 78.4 Å². The molecule has 79 heavy (non-hydrogen) atoms. The number of nitrogens with one attached hydrogen (secondary N) is 1. The van der Waals surface area contributed by atoms with Gasteiger partial charge in [0.2, 0.25) is 11.8 Å². The van der Waals surface area contributed by atoms with E-state index in [1.807, 2.05) is 12.1 Å². The number of H-pyrrole nitrogens is 1. The molecular formula is C56H66Cl2F2N14O5. The van der Waals surface area contributed by atoms with E-state index in [4.69, 9.17) is 66.8 Å². The smallest absolute Gasteiger partial charge is 0.319 e. The maximum Gasteiger partial charge on any atom is 0.319 e. The van der Waals surface area contributed by atoms with Gasteiger partial charge in [0, 0.05) is 69.4 Å². The minimum absolute atomic E-state index is 0. The van der Waals surface area contributed by atoms with Crippen molar-refractivity contribution in [2.75, 3.05) is 83.0 Å². The number of aromatic amines is 1. The molecule has 13 rings (SSSR count). The lowest BCUT2D eigenvalue weighted by molar-refractivity contribution is -0.0366. The molecule has 11 heterocycles. The van der Waals surface area contributed by atoms with E-state index in [1.54, 1.807) is 29.5 Å². The highest BCUT2D eigenvalue weighted by Gasteiger charge is 2.29. The van der Waals surface area contributed by atoms with E-state index in [1.165, 1.54) is 25.0 Å². The Bertz CT molecular complexity index is 3450. The first-order chi connectivity index (χ1) is 38.1. The Labute approximate surface area is 466 Å². The zero-order valence-electron chi connectivity index (χ0n) is 43.8. The van der Waals surface area contributed by atoms with Crippen molar-refractivity contribution in [2.45, 2.75) is 109 Å². The van der Waals surface area contributed by atoms with Gasteiger partial charge in [0.1, 0.15) is 57.6 Å². The number of aromatic nitrogens is 10. The van der Waals surface area contributed by atoms with Crippen LogP contribution in [0.4, 0.5) is 20.4 Å². The number of benzene rings is 2. The van der Waals surface area contributed by atoms with Crippen LogP contribution in [0.15, 0.2) is 49.1 Å². The molecular weight excluding hydrogens is 1060 g/mol. The van der Waals surface area contributed by atoms with Gasteiger partial charge < -0.3 is 43.3 Å². The number of pyridine rings is 2. The molecule has 5 aliphatic rings. The van der Waals surface area contributed by atoms with Crippen molar-refractivity contribution in [3.8, 4) is 35.3 Å². The van der Waals surface area contributed by atoms with Crippen molar-refractivity contribution < 1.29 is 32.5 Å². The fourth-order valence-corrected chi connectivity index (χ4v) is 11.7. The monoisotopic (exact) mass is 1120 g/mol. The Morgan fingerprint density at radius 3 is 1.68 bits per heavy atom. The largest absolute Gasteiger partial charge is 0.462 e. The Kier molecular flexibility index (Phi) is 16.6. The van der Waals surface area contributed by atoms with Gasteiger partial charge in [0.25, 0.3) is 0 Å². The van der Waals surface area contributed by atoms with E-state index in [0.717, 1.165) is 132 Å². The molecule has 6 aromatic heterocycles. The Hall–Kier alpha value is -6.52. The summed E-state index contributed by atoms with van der Waals surface area (Å²) in [6.45, 7) is 7.36. The van der Waals surface area contributed by atoms with Gasteiger partial charge in [0.15, 0.2) is 17.7 Å². The quantitative estimate of drug-likeness (QED) is 0.115. The number of likely N-dealkylation sites (tertiary alicyclic amines) is 2. The summed E-state index contributed by atoms with van der Waals surface area (Å²) < 4.78 is 62.2. The average Bonchev–Trinajstić information content (AvgIpc) is 4.35. The molecule has 3 atom stereocenters. The van der Waals surface area contributed by atoms with Crippen LogP contribution < -0.4 is 28.7 Å². The highest BCUT2D eigenvalue weighted by atomic mass is 35.5. The molecule has 23 heteroatoms. The van der Waals surface area contributed by atoms with E-state index in [9.17, 15) is 4.39 Å². The van der Waals surface area contributed by atoms with Crippen LogP contribution in [0.5, 0.6) is 35.3 Å². The zero-order valence-corrected chi connectivity index (χ0v) is 45.3. The number of fused-ring (bicyclic) bond motifs is 4. The molecule has 0 aliphatic carbocycles. The molecule has 0 saturated carbocycles. The second-order valence-corrected chi connectivity index (χ2v) is 21.6. The van der Waals surface area contributed by atoms with Gasteiger partial charge >= 0.3 is 12.0 Å². The van der Waals surface area contributed by atoms with Crippen LogP contribution in [-0.4, -0.2) is 145 Å². The standard InChI is InChI=1S/C30H35ClFN7O3.C25H27ClFN7O2.CH4/c1-37-12-7-8-19(37)18-41-30-35-26-20(28(36-30)38-13-4-2-5-14-38)10-11-33-29(26)42-27-21-17-34-39(24-9-3-6-15-40-24)23(21)16-22(32)25(27)31;1-33-9-5-6-15(33)14-35-25-30-21-16(23(31-25)34-10-3-2-4-11-34)7-8-28-24(21)36-22-17-13-29-32-19(17)12-18(27)20(22)26;/h10-11,16-17,19,24H,2-9,12-15,18H2,1H3;7-8,12-13,15H,2-6,9-11,14H2,1H3,(H,29,32);1H4/t19-,24?;15-;/m00./s1. The third kappa shape index (κ3) is 11.3. The number of rotatable bonds is 13. The molecule has 1 unspecified atom stereocenters. The molecule has 1 N–H and O–H groups in total. The van der Waals surface area contributed by atoms with Crippen LogP contribution in [0.3, 0.4) is 0 Å². The Morgan fingerprint density at radius 1 is 0.620 bits per heavy atom. The van der Waals surface area contributed by atoms with Crippen molar-refractivity contribution in [1.82, 2.24) is 59.7 Å². The molecule has 2 aromatic carbocycles. The van der Waals surface area contributed by atoms with E-state index in [2.05, 4.69) is 59.0 Å². The van der Waals surface area contributed by atoms with Gasteiger partial charge in [0.05, 0.1) is 45.0 Å². The number of likely N-dealkylation sites (N-methyl/N-ethyl adjacent to an activating group) is 2. The van der Waals surface area contributed by atoms with Crippen LogP contribution in [0.25, 0.3) is 43.6 Å². The number of anilines is 2. The van der Waals surface area contributed by atoms with Crippen LogP contribution in [0, 0.1) is 11.6 Å². The first kappa shape index (κ1) is 54.4. The second kappa shape index (κ2) is 24.1. The maximum absolute atomic E-state index is 15.2. The van der Waals surface area contributed by atoms with Gasteiger partial charge in [-0.1, -0.05) is 30.6 Å². The second-order valence-electron chi connectivity index (χ2n) is 20.8. The van der Waals surface area contributed by atoms with Crippen molar-refractivity contribution in [1.29, 1.82) is 0 Å². The van der Waals surface area contributed by atoms with Crippen LogP contribution in [-0.2, 0) is 4.74 Å². The van der Waals surface area contributed by atoms with E-state index < -0.39 is 11.6 Å². The van der Waals surface area contributed by atoms with Gasteiger partial charge in [-0.2, -0.15) is 30.1 Å². The third-order valence-corrected chi connectivity index (χ3v) is 16.4. The summed E-state index contributed by atoms with van der Waals surface area (Å²) in [5.41, 5.74) is 1.99. The Morgan fingerprint density at radius 2 is 1.16 bits per heavy atom. The molecule has 5 aliphatic heterocycles.